The van der Waals surface area contributed by atoms with Crippen molar-refractivity contribution >= 4 is 17.9 Å². The first-order valence-corrected chi connectivity index (χ1v) is 37.6. The fourth-order valence-electron chi connectivity index (χ4n) is 9.69. The number of hydrogen-bond donors (Lipinski definition) is 1. The molecular formula is C86H138NO8+. The van der Waals surface area contributed by atoms with Crippen LogP contribution in [0.1, 0.15) is 271 Å². The Balaban J connectivity index is 4.16. The summed E-state index contributed by atoms with van der Waals surface area (Å²) in [6.07, 6.45) is 111. The topological polar surface area (TPSA) is 108 Å². The molecule has 534 valence electrons. The summed E-state index contributed by atoms with van der Waals surface area (Å²) in [5.41, 5.74) is 0. The van der Waals surface area contributed by atoms with Gasteiger partial charge in [-0.15, -0.1) is 0 Å². The number of nitrogens with zero attached hydrogens (tertiary/aromatic N) is 1. The number of aliphatic carboxylic acids is 1. The number of carboxylic acid groups (broad SMARTS) is 1. The first-order chi connectivity index (χ1) is 46.6. The average Bonchev–Trinajstić information content (AvgIpc) is 3.54. The molecule has 0 saturated carbocycles. The third-order valence-corrected chi connectivity index (χ3v) is 15.3. The summed E-state index contributed by atoms with van der Waals surface area (Å²) in [7, 11) is 5.96. The van der Waals surface area contributed by atoms with Crippen molar-refractivity contribution in [1.29, 1.82) is 0 Å². The van der Waals surface area contributed by atoms with Crippen molar-refractivity contribution in [3.63, 3.8) is 0 Å². The Morgan fingerprint density at radius 2 is 0.568 bits per heavy atom. The molecular weight excluding hydrogens is 1170 g/mol. The SMILES string of the molecule is CC/C=C\C/C=C\C/C=C\C/C=C\C/C=C\C/C=C\C/C=C\C/C=C\C/C=C\CCCCCCCCCCCCCCCC(=O)OC(COC(=O)CCCCCCCCC/C=C\C/C=C\C/C=C\C/C=C\C/C=C\C/C=C\C/C=C\CC)COC(OCC[N+](C)(C)C)C(=O)O. The van der Waals surface area contributed by atoms with Gasteiger partial charge in [-0.2, -0.15) is 0 Å². The summed E-state index contributed by atoms with van der Waals surface area (Å²) in [5, 5.41) is 9.76. The molecule has 0 aliphatic rings. The molecule has 0 spiro atoms. The molecule has 0 amide bonds. The van der Waals surface area contributed by atoms with E-state index in [0.717, 1.165) is 154 Å². The maximum Gasteiger partial charge on any atom is 0.361 e. The van der Waals surface area contributed by atoms with E-state index in [0.29, 0.717) is 17.4 Å². The number of carboxylic acids is 1. The van der Waals surface area contributed by atoms with E-state index in [1.807, 2.05) is 21.1 Å². The number of allylic oxidation sites excluding steroid dienone is 32. The number of esters is 2. The molecule has 0 fully saturated rings. The Morgan fingerprint density at radius 1 is 0.316 bits per heavy atom. The van der Waals surface area contributed by atoms with Crippen LogP contribution in [0.3, 0.4) is 0 Å². The lowest BCUT2D eigenvalue weighted by atomic mass is 10.0. The van der Waals surface area contributed by atoms with Crippen molar-refractivity contribution in [1.82, 2.24) is 0 Å². The van der Waals surface area contributed by atoms with Gasteiger partial charge < -0.3 is 28.5 Å². The summed E-state index contributed by atoms with van der Waals surface area (Å²) in [6, 6.07) is 0. The summed E-state index contributed by atoms with van der Waals surface area (Å²) >= 11 is 0. The van der Waals surface area contributed by atoms with Crippen LogP contribution in [-0.4, -0.2) is 87.4 Å². The maximum absolute atomic E-state index is 13.0. The normalized spacial score (nSPS) is 13.8. The smallest absolute Gasteiger partial charge is 0.361 e. The molecule has 0 aromatic heterocycles. The van der Waals surface area contributed by atoms with Gasteiger partial charge in [0.05, 0.1) is 34.4 Å². The van der Waals surface area contributed by atoms with Crippen LogP contribution in [0, 0.1) is 0 Å². The molecule has 2 unspecified atom stereocenters. The third kappa shape index (κ3) is 75.4. The van der Waals surface area contributed by atoms with E-state index in [1.54, 1.807) is 0 Å². The molecule has 0 heterocycles. The van der Waals surface area contributed by atoms with Crippen molar-refractivity contribution in [2.75, 3.05) is 47.5 Å². The van der Waals surface area contributed by atoms with Gasteiger partial charge in [0.25, 0.3) is 6.29 Å². The second-order valence-corrected chi connectivity index (χ2v) is 25.5. The fraction of sp³-hybridized carbons (Fsp3) is 0.593. The largest absolute Gasteiger partial charge is 0.477 e. The van der Waals surface area contributed by atoms with Gasteiger partial charge in [-0.25, -0.2) is 4.79 Å². The zero-order chi connectivity index (χ0) is 69.0. The minimum Gasteiger partial charge on any atom is -0.477 e. The van der Waals surface area contributed by atoms with Crippen LogP contribution in [0.5, 0.6) is 0 Å². The van der Waals surface area contributed by atoms with Crippen molar-refractivity contribution in [2.45, 2.75) is 283 Å². The highest BCUT2D eigenvalue weighted by atomic mass is 16.7. The number of carbonyl (C=O) groups is 3. The standard InChI is InChI=1S/C86H137NO8/c1-6-8-10-12-14-16-18-20-22-24-26-28-30-32-34-36-37-38-39-40-41-42-43-44-45-46-47-49-51-53-55-57-59-61-63-65-67-69-71-73-75-77-84(89)95-82(81-94-86(85(90)91)92-79-78-87(3,4)5)80-93-83(88)76-74-72-70-68-66-64-62-60-58-56-54-52-50-48-35-33-31-29-27-25-23-21-19-17-15-13-11-9-7-2/h8-11,14-17,20-23,26-29,32-35,37-38,40-41,43-44,46-47,50,52,56,58,82,86H,6-7,12-13,18-19,24-25,30-31,36,39,42,45,48-49,51,53-55,57,59-81H2,1-5H3/p+1/b10-8-,11-9-,16-14-,17-15-,22-20-,23-21-,28-26-,29-27-,34-32-,35-33-,38-37-,41-40-,44-43-,47-46-,52-50-,58-56-. The zero-order valence-electron chi connectivity index (χ0n) is 61.0. The van der Waals surface area contributed by atoms with Crippen LogP contribution in [0.25, 0.3) is 0 Å². The van der Waals surface area contributed by atoms with Crippen molar-refractivity contribution in [3.8, 4) is 0 Å². The van der Waals surface area contributed by atoms with Gasteiger partial charge in [-0.3, -0.25) is 9.59 Å². The van der Waals surface area contributed by atoms with Crippen LogP contribution in [0.4, 0.5) is 0 Å². The van der Waals surface area contributed by atoms with E-state index >= 15 is 0 Å². The number of likely N-dealkylation sites (N-methyl/N-ethyl adjacent to an activating group) is 1. The lowest BCUT2D eigenvalue weighted by Crippen LogP contribution is -2.40. The van der Waals surface area contributed by atoms with Gasteiger partial charge in [0, 0.05) is 12.8 Å². The Kier molecular flexibility index (Phi) is 69.4. The van der Waals surface area contributed by atoms with E-state index in [-0.39, 0.29) is 38.6 Å². The third-order valence-electron chi connectivity index (χ3n) is 15.3. The van der Waals surface area contributed by atoms with E-state index in [1.165, 1.54) is 83.5 Å². The molecule has 0 rings (SSSR count). The quantitative estimate of drug-likeness (QED) is 0.0211. The average molecular weight is 1310 g/mol. The molecule has 1 N–H and O–H groups in total. The first-order valence-electron chi connectivity index (χ1n) is 37.6. The molecule has 2 atom stereocenters. The van der Waals surface area contributed by atoms with Gasteiger partial charge in [-0.05, 0) is 141 Å². The van der Waals surface area contributed by atoms with E-state index in [2.05, 4.69) is 208 Å². The minimum atomic E-state index is -1.53. The molecule has 0 aromatic rings. The van der Waals surface area contributed by atoms with Crippen LogP contribution in [-0.2, 0) is 33.3 Å². The number of ether oxygens (including phenoxy) is 4. The van der Waals surface area contributed by atoms with Crippen LogP contribution >= 0.6 is 0 Å². The molecule has 0 bridgehead atoms. The van der Waals surface area contributed by atoms with Gasteiger partial charge >= 0.3 is 17.9 Å². The highest BCUT2D eigenvalue weighted by Gasteiger charge is 2.25. The predicted molar refractivity (Wildman–Crippen MR) is 409 cm³/mol. The van der Waals surface area contributed by atoms with Crippen LogP contribution < -0.4 is 0 Å². The second kappa shape index (κ2) is 73.9. The summed E-state index contributed by atoms with van der Waals surface area (Å²) < 4.78 is 23.0. The lowest BCUT2D eigenvalue weighted by Gasteiger charge is -2.25. The number of rotatable bonds is 67. The molecule has 0 aliphatic heterocycles. The second-order valence-electron chi connectivity index (χ2n) is 25.5. The van der Waals surface area contributed by atoms with Gasteiger partial charge in [0.1, 0.15) is 13.2 Å². The Morgan fingerprint density at radius 3 is 0.842 bits per heavy atom. The summed E-state index contributed by atoms with van der Waals surface area (Å²) in [6.45, 7) is 4.62. The van der Waals surface area contributed by atoms with Crippen molar-refractivity contribution < 1.29 is 42.9 Å². The zero-order valence-corrected chi connectivity index (χ0v) is 61.0. The molecule has 0 saturated heterocycles. The molecule has 9 nitrogen and oxygen atoms in total. The fourth-order valence-corrected chi connectivity index (χ4v) is 9.69. The Labute approximate surface area is 582 Å². The lowest BCUT2D eigenvalue weighted by molar-refractivity contribution is -0.870. The van der Waals surface area contributed by atoms with E-state index < -0.39 is 24.3 Å². The number of hydrogen-bond acceptors (Lipinski definition) is 7. The van der Waals surface area contributed by atoms with Gasteiger partial charge in [-0.1, -0.05) is 311 Å². The number of unbranched alkanes of at least 4 members (excludes halogenated alkanes) is 20. The van der Waals surface area contributed by atoms with Crippen LogP contribution in [0.2, 0.25) is 0 Å². The van der Waals surface area contributed by atoms with Crippen molar-refractivity contribution in [3.05, 3.63) is 194 Å². The summed E-state index contributed by atoms with van der Waals surface area (Å²) in [4.78, 5) is 37.7. The molecule has 0 radical (unpaired) electrons. The number of quaternary nitrogens is 1. The van der Waals surface area contributed by atoms with Gasteiger partial charge in [0.15, 0.2) is 6.10 Å². The van der Waals surface area contributed by atoms with Crippen LogP contribution in [0.15, 0.2) is 194 Å². The highest BCUT2D eigenvalue weighted by molar-refractivity contribution is 5.71. The maximum atomic E-state index is 13.0. The van der Waals surface area contributed by atoms with Gasteiger partial charge in [0.2, 0.25) is 0 Å². The molecule has 95 heavy (non-hydrogen) atoms. The monoisotopic (exact) mass is 1310 g/mol. The summed E-state index contributed by atoms with van der Waals surface area (Å²) in [5.74, 6) is -2.04. The molecule has 0 aliphatic carbocycles. The van der Waals surface area contributed by atoms with Crippen molar-refractivity contribution in [2.24, 2.45) is 0 Å². The Hall–Kier alpha value is -5.87. The Bertz CT molecular complexity index is 2270. The molecule has 0 aromatic carbocycles. The minimum absolute atomic E-state index is 0.176. The molecule has 9 heteroatoms. The number of carbonyl (C=O) groups excluding carboxylic acids is 2. The predicted octanol–water partition coefficient (Wildman–Crippen LogP) is 24.1. The van der Waals surface area contributed by atoms with E-state index in [4.69, 9.17) is 18.9 Å². The highest BCUT2D eigenvalue weighted by Crippen LogP contribution is 2.16. The first kappa shape index (κ1) is 89.1. The van der Waals surface area contributed by atoms with E-state index in [9.17, 15) is 19.5 Å².